The van der Waals surface area contributed by atoms with Crippen molar-refractivity contribution in [3.05, 3.63) is 60.2 Å². The van der Waals surface area contributed by atoms with Gasteiger partial charge >= 0.3 is 0 Å². The Morgan fingerprint density at radius 3 is 2.92 bits per heavy atom. The fraction of sp³-hybridized carbons (Fsp3) is 0.400. The van der Waals surface area contributed by atoms with Gasteiger partial charge in [0.2, 0.25) is 0 Å². The minimum atomic E-state index is -0.409. The smallest absolute Gasteiger partial charge is 0.253 e. The number of anilines is 1. The van der Waals surface area contributed by atoms with E-state index in [2.05, 4.69) is 9.88 Å². The lowest BCUT2D eigenvalue weighted by Gasteiger charge is -2.47. The van der Waals surface area contributed by atoms with E-state index in [1.807, 2.05) is 18.2 Å². The van der Waals surface area contributed by atoms with Crippen LogP contribution >= 0.6 is 0 Å². The van der Waals surface area contributed by atoms with E-state index in [-0.39, 0.29) is 18.3 Å². The van der Waals surface area contributed by atoms with Crippen LogP contribution < -0.4 is 4.90 Å². The third-order valence-electron chi connectivity index (χ3n) is 5.10. The van der Waals surface area contributed by atoms with Gasteiger partial charge in [0.15, 0.2) is 0 Å². The van der Waals surface area contributed by atoms with Crippen LogP contribution in [0.25, 0.3) is 0 Å². The van der Waals surface area contributed by atoms with E-state index < -0.39 is 5.60 Å². The molecule has 1 spiro atoms. The van der Waals surface area contributed by atoms with Gasteiger partial charge in [-0.3, -0.25) is 14.7 Å². The number of hydrogen-bond acceptors (Lipinski definition) is 4. The molecule has 1 aromatic heterocycles. The van der Waals surface area contributed by atoms with Crippen LogP contribution in [0.4, 0.5) is 10.1 Å². The van der Waals surface area contributed by atoms with Crippen LogP contribution in [0.15, 0.2) is 48.7 Å². The number of amides is 1. The molecule has 2 saturated heterocycles. The average Bonchev–Trinajstić information content (AvgIpc) is 2.65. The molecular weight excluding hydrogens is 333 g/mol. The minimum Gasteiger partial charge on any atom is -0.362 e. The van der Waals surface area contributed by atoms with Gasteiger partial charge in [-0.05, 0) is 49.7 Å². The zero-order chi connectivity index (χ0) is 18.0. The average molecular weight is 355 g/mol. The fourth-order valence-corrected chi connectivity index (χ4v) is 3.89. The summed E-state index contributed by atoms with van der Waals surface area (Å²) in [5, 5.41) is 0. The Balaban J connectivity index is 1.51. The normalized spacial score (nSPS) is 24.2. The second-order valence-electron chi connectivity index (χ2n) is 7.07. The van der Waals surface area contributed by atoms with Gasteiger partial charge in [-0.1, -0.05) is 12.1 Å². The van der Waals surface area contributed by atoms with Gasteiger partial charge in [-0.2, -0.15) is 0 Å². The van der Waals surface area contributed by atoms with Crippen molar-refractivity contribution in [3.63, 3.8) is 0 Å². The number of carbonyl (C=O) groups excluding carboxylic acids is 1. The second-order valence-corrected chi connectivity index (χ2v) is 7.07. The minimum absolute atomic E-state index is 0.0357. The third-order valence-corrected chi connectivity index (χ3v) is 5.10. The molecule has 0 saturated carbocycles. The molecule has 0 aliphatic carbocycles. The molecule has 5 nitrogen and oxygen atoms in total. The van der Waals surface area contributed by atoms with Gasteiger partial charge in [0.1, 0.15) is 12.4 Å². The number of halogens is 1. The zero-order valence-electron chi connectivity index (χ0n) is 14.6. The van der Waals surface area contributed by atoms with Crippen molar-refractivity contribution < 1.29 is 13.9 Å². The molecule has 0 radical (unpaired) electrons. The van der Waals surface area contributed by atoms with Crippen LogP contribution in [0, 0.1) is 5.82 Å². The standard InChI is InChI=1S/C20H22FN3O2/c21-16-5-3-7-18(11-16)24-15-20(26-13-19(24)25)8-4-10-23(14-20)12-17-6-1-2-9-22-17/h1-3,5-7,9,11H,4,8,10,12-15H2. The van der Waals surface area contributed by atoms with Crippen LogP contribution in [0.1, 0.15) is 18.5 Å². The number of aromatic nitrogens is 1. The molecule has 2 aliphatic heterocycles. The molecule has 2 fully saturated rings. The SMILES string of the molecule is O=C1COC2(CCCN(Cc3ccccn3)C2)CN1c1cccc(F)c1. The summed E-state index contributed by atoms with van der Waals surface area (Å²) in [5.41, 5.74) is 1.21. The van der Waals surface area contributed by atoms with Gasteiger partial charge in [0, 0.05) is 25.0 Å². The van der Waals surface area contributed by atoms with E-state index in [1.54, 1.807) is 23.2 Å². The summed E-state index contributed by atoms with van der Waals surface area (Å²) in [6, 6.07) is 12.1. The maximum Gasteiger partial charge on any atom is 0.253 e. The largest absolute Gasteiger partial charge is 0.362 e. The van der Waals surface area contributed by atoms with Crippen molar-refractivity contribution in [2.45, 2.75) is 25.0 Å². The van der Waals surface area contributed by atoms with Crippen LogP contribution in [0.2, 0.25) is 0 Å². The van der Waals surface area contributed by atoms with E-state index in [1.165, 1.54) is 12.1 Å². The summed E-state index contributed by atoms with van der Waals surface area (Å²) in [6.45, 7) is 2.97. The Labute approximate surface area is 152 Å². The lowest BCUT2D eigenvalue weighted by Crippen LogP contribution is -2.61. The van der Waals surface area contributed by atoms with Gasteiger partial charge in [-0.25, -0.2) is 4.39 Å². The molecule has 1 unspecified atom stereocenters. The van der Waals surface area contributed by atoms with Gasteiger partial charge in [0.25, 0.3) is 5.91 Å². The highest BCUT2D eigenvalue weighted by Crippen LogP contribution is 2.32. The summed E-state index contributed by atoms with van der Waals surface area (Å²) in [6.07, 6.45) is 3.69. The number of ether oxygens (including phenoxy) is 1. The fourth-order valence-electron chi connectivity index (χ4n) is 3.89. The van der Waals surface area contributed by atoms with E-state index in [4.69, 9.17) is 4.74 Å². The second kappa shape index (κ2) is 7.13. The summed E-state index contributed by atoms with van der Waals surface area (Å²) in [4.78, 5) is 20.7. The summed E-state index contributed by atoms with van der Waals surface area (Å²) in [7, 11) is 0. The Morgan fingerprint density at radius 1 is 1.19 bits per heavy atom. The van der Waals surface area contributed by atoms with E-state index in [0.29, 0.717) is 12.2 Å². The third kappa shape index (κ3) is 3.61. The van der Waals surface area contributed by atoms with E-state index in [0.717, 1.165) is 38.2 Å². The molecule has 3 heterocycles. The number of pyridine rings is 1. The number of benzene rings is 1. The highest BCUT2D eigenvalue weighted by Gasteiger charge is 2.43. The molecule has 0 bridgehead atoms. The first-order chi connectivity index (χ1) is 12.6. The van der Waals surface area contributed by atoms with E-state index >= 15 is 0 Å². The molecular formula is C20H22FN3O2. The lowest BCUT2D eigenvalue weighted by atomic mass is 9.90. The Bertz CT molecular complexity index is 786. The first-order valence-electron chi connectivity index (χ1n) is 8.96. The molecule has 6 heteroatoms. The van der Waals surface area contributed by atoms with Crippen molar-refractivity contribution in [2.75, 3.05) is 31.1 Å². The molecule has 136 valence electrons. The lowest BCUT2D eigenvalue weighted by molar-refractivity contribution is -0.146. The number of rotatable bonds is 3. The number of likely N-dealkylation sites (tertiary alicyclic amines) is 1. The molecule has 2 aliphatic rings. The number of carbonyl (C=O) groups is 1. The molecule has 2 aromatic rings. The monoisotopic (exact) mass is 355 g/mol. The number of hydrogen-bond donors (Lipinski definition) is 0. The first-order valence-corrected chi connectivity index (χ1v) is 8.96. The quantitative estimate of drug-likeness (QED) is 0.849. The predicted molar refractivity (Wildman–Crippen MR) is 96.2 cm³/mol. The Morgan fingerprint density at radius 2 is 2.12 bits per heavy atom. The summed E-state index contributed by atoms with van der Waals surface area (Å²) in [5.74, 6) is -0.459. The van der Waals surface area contributed by atoms with Crippen LogP contribution in [0.5, 0.6) is 0 Å². The summed E-state index contributed by atoms with van der Waals surface area (Å²) < 4.78 is 19.6. The summed E-state index contributed by atoms with van der Waals surface area (Å²) >= 11 is 0. The Hall–Kier alpha value is -2.31. The van der Waals surface area contributed by atoms with Crippen molar-refractivity contribution in [1.82, 2.24) is 9.88 Å². The van der Waals surface area contributed by atoms with Gasteiger partial charge in [-0.15, -0.1) is 0 Å². The van der Waals surface area contributed by atoms with Crippen LogP contribution in [-0.4, -0.2) is 47.6 Å². The van der Waals surface area contributed by atoms with Crippen molar-refractivity contribution in [2.24, 2.45) is 0 Å². The molecule has 4 rings (SSSR count). The van der Waals surface area contributed by atoms with Gasteiger partial charge < -0.3 is 9.64 Å². The maximum atomic E-state index is 13.6. The maximum absolute atomic E-state index is 13.6. The highest BCUT2D eigenvalue weighted by atomic mass is 19.1. The number of morpholine rings is 1. The van der Waals surface area contributed by atoms with Crippen molar-refractivity contribution in [3.8, 4) is 0 Å². The molecule has 26 heavy (non-hydrogen) atoms. The zero-order valence-corrected chi connectivity index (χ0v) is 14.6. The highest BCUT2D eigenvalue weighted by molar-refractivity contribution is 5.95. The molecule has 1 amide bonds. The molecule has 1 atom stereocenters. The topological polar surface area (TPSA) is 45.7 Å². The molecule has 0 N–H and O–H groups in total. The van der Waals surface area contributed by atoms with Crippen molar-refractivity contribution in [1.29, 1.82) is 0 Å². The Kier molecular flexibility index (Phi) is 4.70. The molecule has 1 aromatic carbocycles. The number of piperidine rings is 1. The van der Waals surface area contributed by atoms with Gasteiger partial charge in [0.05, 0.1) is 17.8 Å². The predicted octanol–water partition coefficient (Wildman–Crippen LogP) is 2.62. The van der Waals surface area contributed by atoms with Crippen molar-refractivity contribution >= 4 is 11.6 Å². The van der Waals surface area contributed by atoms with Crippen LogP contribution in [-0.2, 0) is 16.1 Å². The van der Waals surface area contributed by atoms with Crippen LogP contribution in [0.3, 0.4) is 0 Å². The first kappa shape index (κ1) is 17.1. The number of nitrogens with zero attached hydrogens (tertiary/aromatic N) is 3. The van der Waals surface area contributed by atoms with E-state index in [9.17, 15) is 9.18 Å².